The van der Waals surface area contributed by atoms with E-state index in [1.165, 1.54) is 12.1 Å². The highest BCUT2D eigenvalue weighted by Crippen LogP contribution is 2.22. The molecule has 1 aromatic rings. The molecular weight excluding hydrogens is 235 g/mol. The van der Waals surface area contributed by atoms with Crippen LogP contribution in [-0.4, -0.2) is 11.3 Å². The summed E-state index contributed by atoms with van der Waals surface area (Å²) >= 11 is 1.59. The zero-order chi connectivity index (χ0) is 12.7. The van der Waals surface area contributed by atoms with E-state index < -0.39 is 5.54 Å². The first-order valence-electron chi connectivity index (χ1n) is 5.68. The van der Waals surface area contributed by atoms with Crippen LogP contribution in [0.4, 0.5) is 4.39 Å². The van der Waals surface area contributed by atoms with Crippen molar-refractivity contribution in [2.75, 3.05) is 5.75 Å². The second kappa shape index (κ2) is 6.63. The van der Waals surface area contributed by atoms with Gasteiger partial charge < -0.3 is 5.73 Å². The van der Waals surface area contributed by atoms with Crippen molar-refractivity contribution in [2.45, 2.75) is 36.6 Å². The summed E-state index contributed by atoms with van der Waals surface area (Å²) < 4.78 is 12.9. The van der Waals surface area contributed by atoms with E-state index in [2.05, 4.69) is 6.07 Å². The predicted octanol–water partition coefficient (Wildman–Crippen LogP) is 3.33. The van der Waals surface area contributed by atoms with E-state index in [4.69, 9.17) is 11.0 Å². The van der Waals surface area contributed by atoms with E-state index in [1.807, 2.05) is 13.0 Å². The highest BCUT2D eigenvalue weighted by molar-refractivity contribution is 7.99. The van der Waals surface area contributed by atoms with Gasteiger partial charge in [0, 0.05) is 4.90 Å². The Bertz CT molecular complexity index is 403. The lowest BCUT2D eigenvalue weighted by Crippen LogP contribution is -2.37. The van der Waals surface area contributed by atoms with E-state index in [0.717, 1.165) is 17.1 Å². The minimum Gasteiger partial charge on any atom is -0.313 e. The minimum atomic E-state index is -0.706. The third kappa shape index (κ3) is 4.76. The molecule has 4 heteroatoms. The summed E-state index contributed by atoms with van der Waals surface area (Å²) in [5.74, 6) is 0.637. The molecule has 0 fully saturated rings. The second-order valence-electron chi connectivity index (χ2n) is 4.03. The Kier molecular flexibility index (Phi) is 5.46. The molecule has 1 unspecified atom stereocenters. The molecule has 17 heavy (non-hydrogen) atoms. The van der Waals surface area contributed by atoms with E-state index in [0.29, 0.717) is 12.8 Å². The van der Waals surface area contributed by atoms with Crippen molar-refractivity contribution < 1.29 is 4.39 Å². The number of nitrogens with two attached hydrogens (primary N) is 1. The van der Waals surface area contributed by atoms with E-state index >= 15 is 0 Å². The molecule has 0 amide bonds. The highest BCUT2D eigenvalue weighted by atomic mass is 32.2. The van der Waals surface area contributed by atoms with Crippen LogP contribution >= 0.6 is 11.8 Å². The van der Waals surface area contributed by atoms with Gasteiger partial charge in [0.1, 0.15) is 11.4 Å². The molecule has 0 bridgehead atoms. The van der Waals surface area contributed by atoms with E-state index in [1.54, 1.807) is 17.8 Å². The average Bonchev–Trinajstić information content (AvgIpc) is 2.34. The van der Waals surface area contributed by atoms with Crippen molar-refractivity contribution in [3.05, 3.63) is 30.1 Å². The van der Waals surface area contributed by atoms with Gasteiger partial charge in [-0.25, -0.2) is 4.39 Å². The van der Waals surface area contributed by atoms with Crippen LogP contribution in [0.3, 0.4) is 0 Å². The molecule has 0 aliphatic carbocycles. The molecule has 0 saturated heterocycles. The Morgan fingerprint density at radius 3 is 2.88 bits per heavy atom. The Labute approximate surface area is 106 Å². The van der Waals surface area contributed by atoms with Gasteiger partial charge in [0.15, 0.2) is 0 Å². The lowest BCUT2D eigenvalue weighted by molar-refractivity contribution is 0.478. The summed E-state index contributed by atoms with van der Waals surface area (Å²) in [6.07, 6.45) is 2.20. The lowest BCUT2D eigenvalue weighted by atomic mass is 9.94. The first kappa shape index (κ1) is 14.0. The summed E-state index contributed by atoms with van der Waals surface area (Å²) in [6.45, 7) is 1.92. The van der Waals surface area contributed by atoms with E-state index in [9.17, 15) is 4.39 Å². The molecule has 2 nitrogen and oxygen atoms in total. The lowest BCUT2D eigenvalue weighted by Gasteiger charge is -2.18. The molecule has 0 radical (unpaired) electrons. The first-order chi connectivity index (χ1) is 8.09. The number of hydrogen-bond acceptors (Lipinski definition) is 3. The number of hydrogen-bond donors (Lipinski definition) is 1. The third-order valence-electron chi connectivity index (χ3n) is 2.69. The van der Waals surface area contributed by atoms with E-state index in [-0.39, 0.29) is 5.82 Å². The average molecular weight is 252 g/mol. The fraction of sp³-hybridized carbons (Fsp3) is 0.462. The summed E-state index contributed by atoms with van der Waals surface area (Å²) in [5.41, 5.74) is 5.16. The van der Waals surface area contributed by atoms with Gasteiger partial charge in [-0.3, -0.25) is 0 Å². The van der Waals surface area contributed by atoms with Crippen molar-refractivity contribution in [3.63, 3.8) is 0 Å². The minimum absolute atomic E-state index is 0.214. The summed E-state index contributed by atoms with van der Waals surface area (Å²) in [6, 6.07) is 8.68. The maximum absolute atomic E-state index is 12.9. The molecular formula is C13H17FN2S. The molecule has 1 atom stereocenters. The number of benzene rings is 1. The molecule has 0 aliphatic rings. The molecule has 0 heterocycles. The van der Waals surface area contributed by atoms with Crippen molar-refractivity contribution >= 4 is 11.8 Å². The Morgan fingerprint density at radius 1 is 1.53 bits per heavy atom. The normalized spacial score (nSPS) is 14.0. The number of thioether (sulfide) groups is 1. The highest BCUT2D eigenvalue weighted by Gasteiger charge is 2.20. The van der Waals surface area contributed by atoms with Crippen molar-refractivity contribution in [1.29, 1.82) is 5.26 Å². The van der Waals surface area contributed by atoms with Gasteiger partial charge in [0.2, 0.25) is 0 Å². The standard InChI is InChI=1S/C13H17FN2S/c1-2-13(16,10-15)7-4-8-17-12-6-3-5-11(14)9-12/h3,5-6,9H,2,4,7-8,16H2,1H3. The number of halogens is 1. The molecule has 92 valence electrons. The molecule has 0 aliphatic heterocycles. The van der Waals surface area contributed by atoms with Crippen LogP contribution in [-0.2, 0) is 0 Å². The molecule has 0 spiro atoms. The Balaban J connectivity index is 2.32. The van der Waals surface area contributed by atoms with Crippen LogP contribution in [0, 0.1) is 17.1 Å². The maximum atomic E-state index is 12.9. The quantitative estimate of drug-likeness (QED) is 0.624. The summed E-state index contributed by atoms with van der Waals surface area (Å²) in [7, 11) is 0. The van der Waals surface area contributed by atoms with Crippen LogP contribution in [0.25, 0.3) is 0 Å². The molecule has 0 aromatic heterocycles. The summed E-state index contributed by atoms with van der Waals surface area (Å²) in [5, 5.41) is 8.91. The zero-order valence-electron chi connectivity index (χ0n) is 9.95. The number of nitriles is 1. The molecule has 2 N–H and O–H groups in total. The van der Waals surface area contributed by atoms with Crippen LogP contribution < -0.4 is 5.73 Å². The van der Waals surface area contributed by atoms with Gasteiger partial charge in [0.25, 0.3) is 0 Å². The predicted molar refractivity (Wildman–Crippen MR) is 69.2 cm³/mol. The van der Waals surface area contributed by atoms with Gasteiger partial charge in [-0.05, 0) is 43.2 Å². The van der Waals surface area contributed by atoms with Gasteiger partial charge in [-0.2, -0.15) is 5.26 Å². The Morgan fingerprint density at radius 2 is 2.29 bits per heavy atom. The van der Waals surface area contributed by atoms with Crippen LogP contribution in [0.15, 0.2) is 29.2 Å². The largest absolute Gasteiger partial charge is 0.313 e. The second-order valence-corrected chi connectivity index (χ2v) is 5.20. The van der Waals surface area contributed by atoms with Gasteiger partial charge in [0.05, 0.1) is 6.07 Å². The topological polar surface area (TPSA) is 49.8 Å². The Hall–Kier alpha value is -1.05. The fourth-order valence-corrected chi connectivity index (χ4v) is 2.34. The maximum Gasteiger partial charge on any atom is 0.124 e. The molecule has 1 rings (SSSR count). The van der Waals surface area contributed by atoms with Crippen molar-refractivity contribution in [1.82, 2.24) is 0 Å². The third-order valence-corrected chi connectivity index (χ3v) is 3.77. The van der Waals surface area contributed by atoms with Crippen LogP contribution in [0.1, 0.15) is 26.2 Å². The van der Waals surface area contributed by atoms with Gasteiger partial charge in [-0.15, -0.1) is 11.8 Å². The SMILES string of the molecule is CCC(N)(C#N)CCCSc1cccc(F)c1. The van der Waals surface area contributed by atoms with Crippen molar-refractivity contribution in [3.8, 4) is 6.07 Å². The van der Waals surface area contributed by atoms with Crippen molar-refractivity contribution in [2.24, 2.45) is 5.73 Å². The first-order valence-corrected chi connectivity index (χ1v) is 6.67. The van der Waals surface area contributed by atoms with Crippen LogP contribution in [0.2, 0.25) is 0 Å². The zero-order valence-corrected chi connectivity index (χ0v) is 10.8. The summed E-state index contributed by atoms with van der Waals surface area (Å²) in [4.78, 5) is 0.918. The van der Waals surface area contributed by atoms with Crippen LogP contribution in [0.5, 0.6) is 0 Å². The fourth-order valence-electron chi connectivity index (χ4n) is 1.45. The number of nitrogens with zero attached hydrogens (tertiary/aromatic N) is 1. The monoisotopic (exact) mass is 252 g/mol. The van der Waals surface area contributed by atoms with Gasteiger partial charge >= 0.3 is 0 Å². The molecule has 0 saturated carbocycles. The smallest absolute Gasteiger partial charge is 0.124 e. The van der Waals surface area contributed by atoms with Gasteiger partial charge in [-0.1, -0.05) is 13.0 Å². The molecule has 1 aromatic carbocycles. The number of rotatable bonds is 6.